The van der Waals surface area contributed by atoms with Crippen molar-refractivity contribution in [3.63, 3.8) is 0 Å². The third-order valence-corrected chi connectivity index (χ3v) is 2.75. The van der Waals surface area contributed by atoms with Gasteiger partial charge in [0.25, 0.3) is 0 Å². The van der Waals surface area contributed by atoms with Gasteiger partial charge < -0.3 is 14.6 Å². The van der Waals surface area contributed by atoms with Crippen LogP contribution in [-0.4, -0.2) is 43.4 Å². The van der Waals surface area contributed by atoms with Gasteiger partial charge in [-0.25, -0.2) is 0 Å². The van der Waals surface area contributed by atoms with Crippen LogP contribution in [0.1, 0.15) is 5.56 Å². The Kier molecular flexibility index (Phi) is 3.64. The maximum atomic E-state index is 9.48. The maximum Gasteiger partial charge on any atom is 0.160 e. The summed E-state index contributed by atoms with van der Waals surface area (Å²) in [6.07, 6.45) is 0. The summed E-state index contributed by atoms with van der Waals surface area (Å²) in [7, 11) is 1.56. The fourth-order valence-electron chi connectivity index (χ4n) is 1.84. The zero-order valence-corrected chi connectivity index (χ0v) is 9.48. The predicted octanol–water partition coefficient (Wildman–Crippen LogP) is 1.23. The molecule has 0 aliphatic carbocycles. The maximum absolute atomic E-state index is 9.48. The molecule has 1 aromatic carbocycles. The number of hydrogen-bond acceptors (Lipinski definition) is 4. The highest BCUT2D eigenvalue weighted by molar-refractivity contribution is 5.41. The van der Waals surface area contributed by atoms with Crippen molar-refractivity contribution < 1.29 is 14.6 Å². The van der Waals surface area contributed by atoms with Gasteiger partial charge in [0.05, 0.1) is 20.3 Å². The first-order chi connectivity index (χ1) is 7.79. The molecule has 1 saturated heterocycles. The molecule has 0 bridgehead atoms. The van der Waals surface area contributed by atoms with Crippen LogP contribution in [0.2, 0.25) is 0 Å². The summed E-state index contributed by atoms with van der Waals surface area (Å²) >= 11 is 0. The van der Waals surface area contributed by atoms with E-state index in [1.807, 2.05) is 12.1 Å². The van der Waals surface area contributed by atoms with E-state index in [9.17, 15) is 5.11 Å². The van der Waals surface area contributed by atoms with Crippen molar-refractivity contribution in [3.05, 3.63) is 23.8 Å². The summed E-state index contributed by atoms with van der Waals surface area (Å²) in [5.41, 5.74) is 1.15. The van der Waals surface area contributed by atoms with E-state index in [4.69, 9.17) is 9.47 Å². The van der Waals surface area contributed by atoms with Crippen LogP contribution in [0, 0.1) is 0 Å². The van der Waals surface area contributed by atoms with E-state index >= 15 is 0 Å². The molecule has 16 heavy (non-hydrogen) atoms. The number of benzene rings is 1. The summed E-state index contributed by atoms with van der Waals surface area (Å²) in [6.45, 7) is 4.40. The SMILES string of the molecule is COc1cc(CN2CCOCC2)ccc1O. The summed E-state index contributed by atoms with van der Waals surface area (Å²) in [6, 6.07) is 5.48. The molecule has 0 saturated carbocycles. The fraction of sp³-hybridized carbons (Fsp3) is 0.500. The fourth-order valence-corrected chi connectivity index (χ4v) is 1.84. The molecular formula is C12H17NO3. The highest BCUT2D eigenvalue weighted by Gasteiger charge is 2.11. The minimum absolute atomic E-state index is 0.188. The molecule has 1 aliphatic rings. The van der Waals surface area contributed by atoms with Gasteiger partial charge in [-0.05, 0) is 17.7 Å². The van der Waals surface area contributed by atoms with Gasteiger partial charge in [0.1, 0.15) is 0 Å². The molecule has 0 unspecified atom stereocenters. The van der Waals surface area contributed by atoms with Crippen LogP contribution in [0.3, 0.4) is 0 Å². The predicted molar refractivity (Wildman–Crippen MR) is 60.8 cm³/mol. The zero-order chi connectivity index (χ0) is 11.4. The summed E-state index contributed by atoms with van der Waals surface area (Å²) in [5.74, 6) is 0.721. The van der Waals surface area contributed by atoms with Crippen molar-refractivity contribution in [1.82, 2.24) is 4.90 Å². The van der Waals surface area contributed by atoms with Crippen LogP contribution in [-0.2, 0) is 11.3 Å². The number of aromatic hydroxyl groups is 1. The monoisotopic (exact) mass is 223 g/mol. The van der Waals surface area contributed by atoms with E-state index in [-0.39, 0.29) is 5.75 Å². The van der Waals surface area contributed by atoms with E-state index in [2.05, 4.69) is 4.90 Å². The van der Waals surface area contributed by atoms with Crippen molar-refractivity contribution >= 4 is 0 Å². The molecule has 0 spiro atoms. The molecular weight excluding hydrogens is 206 g/mol. The molecule has 4 heteroatoms. The molecule has 4 nitrogen and oxygen atoms in total. The number of nitrogens with zero attached hydrogens (tertiary/aromatic N) is 1. The largest absolute Gasteiger partial charge is 0.504 e. The quantitative estimate of drug-likeness (QED) is 0.837. The van der Waals surface area contributed by atoms with Crippen LogP contribution in [0.4, 0.5) is 0 Å². The average molecular weight is 223 g/mol. The Morgan fingerprint density at radius 1 is 1.38 bits per heavy atom. The van der Waals surface area contributed by atoms with Gasteiger partial charge >= 0.3 is 0 Å². The molecule has 1 aromatic rings. The Morgan fingerprint density at radius 2 is 2.12 bits per heavy atom. The lowest BCUT2D eigenvalue weighted by Gasteiger charge is -2.26. The molecule has 0 aromatic heterocycles. The highest BCUT2D eigenvalue weighted by atomic mass is 16.5. The molecule has 0 atom stereocenters. The Bertz CT molecular complexity index is 348. The third-order valence-electron chi connectivity index (χ3n) is 2.75. The van der Waals surface area contributed by atoms with Crippen LogP contribution >= 0.6 is 0 Å². The van der Waals surface area contributed by atoms with Crippen LogP contribution < -0.4 is 4.74 Å². The van der Waals surface area contributed by atoms with Crippen LogP contribution in [0.15, 0.2) is 18.2 Å². The first kappa shape index (κ1) is 11.2. The first-order valence-corrected chi connectivity index (χ1v) is 5.45. The smallest absolute Gasteiger partial charge is 0.160 e. The molecule has 1 aliphatic heterocycles. The van der Waals surface area contributed by atoms with Gasteiger partial charge in [-0.2, -0.15) is 0 Å². The highest BCUT2D eigenvalue weighted by Crippen LogP contribution is 2.26. The normalized spacial score (nSPS) is 17.3. The van der Waals surface area contributed by atoms with Gasteiger partial charge in [0.2, 0.25) is 0 Å². The first-order valence-electron chi connectivity index (χ1n) is 5.45. The molecule has 0 radical (unpaired) electrons. The second kappa shape index (κ2) is 5.18. The van der Waals surface area contributed by atoms with Crippen LogP contribution in [0.5, 0.6) is 11.5 Å². The Hall–Kier alpha value is -1.26. The van der Waals surface area contributed by atoms with E-state index in [0.29, 0.717) is 5.75 Å². The van der Waals surface area contributed by atoms with E-state index in [0.717, 1.165) is 38.4 Å². The zero-order valence-electron chi connectivity index (χ0n) is 9.48. The number of ether oxygens (including phenoxy) is 2. The van der Waals surface area contributed by atoms with Gasteiger partial charge in [-0.15, -0.1) is 0 Å². The van der Waals surface area contributed by atoms with Gasteiger partial charge in [-0.3, -0.25) is 4.90 Å². The third kappa shape index (κ3) is 2.65. The number of hydrogen-bond donors (Lipinski definition) is 1. The second-order valence-electron chi connectivity index (χ2n) is 3.89. The minimum atomic E-state index is 0.188. The number of morpholine rings is 1. The number of methoxy groups -OCH3 is 1. The summed E-state index contributed by atoms with van der Waals surface area (Å²) < 4.78 is 10.4. The van der Waals surface area contributed by atoms with Gasteiger partial charge in [-0.1, -0.05) is 6.07 Å². The number of phenols is 1. The Labute approximate surface area is 95.4 Å². The molecule has 1 heterocycles. The second-order valence-corrected chi connectivity index (χ2v) is 3.89. The minimum Gasteiger partial charge on any atom is -0.504 e. The lowest BCUT2D eigenvalue weighted by atomic mass is 10.2. The molecule has 1 fully saturated rings. The Balaban J connectivity index is 2.03. The van der Waals surface area contributed by atoms with E-state index in [1.165, 1.54) is 0 Å². The topological polar surface area (TPSA) is 41.9 Å². The molecule has 0 amide bonds. The van der Waals surface area contributed by atoms with Crippen LogP contribution in [0.25, 0.3) is 0 Å². The standard InChI is InChI=1S/C12H17NO3/c1-15-12-8-10(2-3-11(12)14)9-13-4-6-16-7-5-13/h2-3,8,14H,4-7,9H2,1H3. The average Bonchev–Trinajstić information content (AvgIpc) is 2.33. The van der Waals surface area contributed by atoms with E-state index in [1.54, 1.807) is 13.2 Å². The van der Waals surface area contributed by atoms with Crippen molar-refractivity contribution in [1.29, 1.82) is 0 Å². The van der Waals surface area contributed by atoms with E-state index < -0.39 is 0 Å². The Morgan fingerprint density at radius 3 is 2.81 bits per heavy atom. The van der Waals surface area contributed by atoms with Crippen molar-refractivity contribution in [2.24, 2.45) is 0 Å². The van der Waals surface area contributed by atoms with Crippen molar-refractivity contribution in [3.8, 4) is 11.5 Å². The molecule has 1 N–H and O–H groups in total. The lowest BCUT2D eigenvalue weighted by Crippen LogP contribution is -2.35. The van der Waals surface area contributed by atoms with Crippen molar-refractivity contribution in [2.75, 3.05) is 33.4 Å². The number of phenolic OH excluding ortho intramolecular Hbond substituents is 1. The van der Waals surface area contributed by atoms with Gasteiger partial charge in [0.15, 0.2) is 11.5 Å². The summed E-state index contributed by atoms with van der Waals surface area (Å²) in [5, 5.41) is 9.48. The molecule has 88 valence electrons. The molecule has 2 rings (SSSR count). The number of rotatable bonds is 3. The summed E-state index contributed by atoms with van der Waals surface area (Å²) in [4.78, 5) is 2.33. The van der Waals surface area contributed by atoms with Gasteiger partial charge in [0, 0.05) is 19.6 Å². The van der Waals surface area contributed by atoms with Crippen molar-refractivity contribution in [2.45, 2.75) is 6.54 Å². The lowest BCUT2D eigenvalue weighted by molar-refractivity contribution is 0.0341.